The van der Waals surface area contributed by atoms with Crippen LogP contribution in [0.3, 0.4) is 0 Å². The van der Waals surface area contributed by atoms with Crippen LogP contribution in [-0.4, -0.2) is 29.7 Å². The minimum atomic E-state index is -0.139. The summed E-state index contributed by atoms with van der Waals surface area (Å²) in [5.41, 5.74) is 3.35. The summed E-state index contributed by atoms with van der Waals surface area (Å²) in [6, 6.07) is 11.1. The summed E-state index contributed by atoms with van der Waals surface area (Å²) in [6.07, 6.45) is 0. The third-order valence-electron chi connectivity index (χ3n) is 4.27. The predicted octanol–water partition coefficient (Wildman–Crippen LogP) is 2.83. The molecule has 6 nitrogen and oxygen atoms in total. The molecule has 3 rings (SSSR count). The van der Waals surface area contributed by atoms with Crippen LogP contribution >= 0.6 is 0 Å². The Kier molecular flexibility index (Phi) is 4.61. The second kappa shape index (κ2) is 6.84. The number of carbonyl (C=O) groups is 1. The highest BCUT2D eigenvalue weighted by Crippen LogP contribution is 2.27. The molecule has 1 amide bonds. The third-order valence-corrected chi connectivity index (χ3v) is 4.27. The number of aromatic nitrogens is 2. The molecule has 1 N–H and O–H groups in total. The van der Waals surface area contributed by atoms with Crippen LogP contribution in [0.15, 0.2) is 36.4 Å². The van der Waals surface area contributed by atoms with Crippen LogP contribution in [0, 0.1) is 6.92 Å². The Labute approximate surface area is 146 Å². The second-order valence-corrected chi connectivity index (χ2v) is 5.79. The molecule has 1 aromatic heterocycles. The number of hydrogen-bond donors (Lipinski definition) is 1. The zero-order valence-corrected chi connectivity index (χ0v) is 14.8. The van der Waals surface area contributed by atoms with E-state index in [1.54, 1.807) is 14.2 Å². The molecule has 0 bridgehead atoms. The molecule has 1 heterocycles. The van der Waals surface area contributed by atoms with E-state index in [0.717, 1.165) is 22.4 Å². The smallest absolute Gasteiger partial charge is 0.251 e. The number of hydrogen-bond acceptors (Lipinski definition) is 4. The molecule has 25 heavy (non-hydrogen) atoms. The first-order valence-electron chi connectivity index (χ1n) is 7.95. The number of ether oxygens (including phenoxy) is 2. The largest absolute Gasteiger partial charge is 0.493 e. The number of methoxy groups -OCH3 is 2. The van der Waals surface area contributed by atoms with Gasteiger partial charge in [-0.25, -0.2) is 4.98 Å². The summed E-state index contributed by atoms with van der Waals surface area (Å²) < 4.78 is 12.5. The minimum absolute atomic E-state index is 0.139. The van der Waals surface area contributed by atoms with Gasteiger partial charge in [0.15, 0.2) is 11.5 Å². The highest BCUT2D eigenvalue weighted by Gasteiger charge is 2.11. The van der Waals surface area contributed by atoms with Gasteiger partial charge in [-0.15, -0.1) is 0 Å². The number of carbonyl (C=O) groups excluding carboxylic acids is 1. The first-order chi connectivity index (χ1) is 12.0. The number of aryl methyl sites for hydroxylation is 2. The van der Waals surface area contributed by atoms with E-state index in [4.69, 9.17) is 9.47 Å². The molecule has 0 atom stereocenters. The van der Waals surface area contributed by atoms with Gasteiger partial charge in [0.1, 0.15) is 5.82 Å². The van der Waals surface area contributed by atoms with Crippen LogP contribution < -0.4 is 14.8 Å². The van der Waals surface area contributed by atoms with E-state index in [1.165, 1.54) is 0 Å². The summed E-state index contributed by atoms with van der Waals surface area (Å²) >= 11 is 0. The summed E-state index contributed by atoms with van der Waals surface area (Å²) in [6.45, 7) is 2.34. The molecule has 3 aromatic rings. The summed E-state index contributed by atoms with van der Waals surface area (Å²) in [5, 5.41) is 2.92. The van der Waals surface area contributed by atoms with Gasteiger partial charge in [-0.1, -0.05) is 6.07 Å². The fraction of sp³-hybridized carbons (Fsp3) is 0.263. The van der Waals surface area contributed by atoms with Crippen LogP contribution in [0.4, 0.5) is 0 Å². The quantitative estimate of drug-likeness (QED) is 0.776. The van der Waals surface area contributed by atoms with Crippen molar-refractivity contribution in [1.29, 1.82) is 0 Å². The Balaban J connectivity index is 1.74. The topological polar surface area (TPSA) is 65.4 Å². The molecule has 0 unspecified atom stereocenters. The van der Waals surface area contributed by atoms with Crippen LogP contribution in [0.25, 0.3) is 11.0 Å². The molecule has 0 aliphatic rings. The molecular formula is C19H21N3O3. The van der Waals surface area contributed by atoms with Crippen molar-refractivity contribution in [2.45, 2.75) is 13.5 Å². The van der Waals surface area contributed by atoms with Gasteiger partial charge >= 0.3 is 0 Å². The molecule has 0 radical (unpaired) electrons. The van der Waals surface area contributed by atoms with Gasteiger partial charge in [-0.05, 0) is 42.8 Å². The van der Waals surface area contributed by atoms with E-state index in [-0.39, 0.29) is 5.91 Å². The molecule has 0 aliphatic carbocycles. The van der Waals surface area contributed by atoms with Crippen molar-refractivity contribution in [3.05, 3.63) is 53.3 Å². The van der Waals surface area contributed by atoms with E-state index < -0.39 is 0 Å². The molecular weight excluding hydrogens is 318 g/mol. The van der Waals surface area contributed by atoms with Gasteiger partial charge in [-0.3, -0.25) is 4.79 Å². The average Bonchev–Trinajstić information content (AvgIpc) is 2.92. The first kappa shape index (κ1) is 16.8. The predicted molar refractivity (Wildman–Crippen MR) is 96.2 cm³/mol. The summed E-state index contributed by atoms with van der Waals surface area (Å²) in [4.78, 5) is 16.9. The van der Waals surface area contributed by atoms with Crippen molar-refractivity contribution in [3.8, 4) is 11.5 Å². The maximum atomic E-state index is 12.4. The Hall–Kier alpha value is -3.02. The van der Waals surface area contributed by atoms with E-state index >= 15 is 0 Å². The van der Waals surface area contributed by atoms with E-state index in [1.807, 2.05) is 54.9 Å². The number of benzene rings is 2. The molecule has 0 saturated heterocycles. The molecule has 0 aliphatic heterocycles. The van der Waals surface area contributed by atoms with Gasteiger partial charge < -0.3 is 19.4 Å². The second-order valence-electron chi connectivity index (χ2n) is 5.79. The Bertz CT molecular complexity index is 931. The number of nitrogens with one attached hydrogen (secondary N) is 1. The van der Waals surface area contributed by atoms with Crippen LogP contribution in [0.2, 0.25) is 0 Å². The van der Waals surface area contributed by atoms with Gasteiger partial charge in [0.2, 0.25) is 0 Å². The van der Waals surface area contributed by atoms with Crippen LogP contribution in [0.1, 0.15) is 21.7 Å². The maximum absolute atomic E-state index is 12.4. The standard InChI is InChI=1S/C19H21N3O3/c1-12-21-15-10-14(6-7-16(15)22(12)2)19(23)20-11-13-5-8-17(24-3)18(9-13)25-4/h5-10H,11H2,1-4H3,(H,20,23). The molecule has 0 spiro atoms. The molecule has 6 heteroatoms. The first-order valence-corrected chi connectivity index (χ1v) is 7.95. The lowest BCUT2D eigenvalue weighted by Crippen LogP contribution is -2.22. The fourth-order valence-electron chi connectivity index (χ4n) is 2.74. The molecule has 2 aromatic carbocycles. The lowest BCUT2D eigenvalue weighted by atomic mass is 10.1. The minimum Gasteiger partial charge on any atom is -0.493 e. The number of rotatable bonds is 5. The zero-order chi connectivity index (χ0) is 18.0. The van der Waals surface area contributed by atoms with Crippen molar-refractivity contribution in [3.63, 3.8) is 0 Å². The zero-order valence-electron chi connectivity index (χ0n) is 14.8. The van der Waals surface area contributed by atoms with Gasteiger partial charge in [0, 0.05) is 19.2 Å². The Morgan fingerprint density at radius 1 is 1.12 bits per heavy atom. The monoisotopic (exact) mass is 339 g/mol. The van der Waals surface area contributed by atoms with Crippen molar-refractivity contribution in [2.24, 2.45) is 7.05 Å². The fourth-order valence-corrected chi connectivity index (χ4v) is 2.74. The lowest BCUT2D eigenvalue weighted by Gasteiger charge is -2.10. The van der Waals surface area contributed by atoms with Crippen molar-refractivity contribution >= 4 is 16.9 Å². The number of nitrogens with zero attached hydrogens (tertiary/aromatic N) is 2. The lowest BCUT2D eigenvalue weighted by molar-refractivity contribution is 0.0951. The Morgan fingerprint density at radius 2 is 1.88 bits per heavy atom. The average molecular weight is 339 g/mol. The van der Waals surface area contributed by atoms with Crippen LogP contribution in [-0.2, 0) is 13.6 Å². The number of amides is 1. The normalized spacial score (nSPS) is 10.7. The van der Waals surface area contributed by atoms with Gasteiger partial charge in [-0.2, -0.15) is 0 Å². The Morgan fingerprint density at radius 3 is 2.60 bits per heavy atom. The van der Waals surface area contributed by atoms with Gasteiger partial charge in [0.05, 0.1) is 25.3 Å². The van der Waals surface area contributed by atoms with E-state index in [0.29, 0.717) is 23.6 Å². The maximum Gasteiger partial charge on any atom is 0.251 e. The number of imidazole rings is 1. The van der Waals surface area contributed by atoms with Crippen molar-refractivity contribution in [1.82, 2.24) is 14.9 Å². The summed E-state index contributed by atoms with van der Waals surface area (Å²) in [5.74, 6) is 2.08. The highest BCUT2D eigenvalue weighted by molar-refractivity contribution is 5.97. The highest BCUT2D eigenvalue weighted by atomic mass is 16.5. The van der Waals surface area contributed by atoms with Crippen molar-refractivity contribution < 1.29 is 14.3 Å². The van der Waals surface area contributed by atoms with Gasteiger partial charge in [0.25, 0.3) is 5.91 Å². The van der Waals surface area contributed by atoms with E-state index in [9.17, 15) is 4.79 Å². The molecule has 130 valence electrons. The number of fused-ring (bicyclic) bond motifs is 1. The summed E-state index contributed by atoms with van der Waals surface area (Å²) in [7, 11) is 5.14. The van der Waals surface area contributed by atoms with E-state index in [2.05, 4.69) is 10.3 Å². The van der Waals surface area contributed by atoms with Crippen molar-refractivity contribution in [2.75, 3.05) is 14.2 Å². The molecule has 0 fully saturated rings. The third kappa shape index (κ3) is 3.28. The van der Waals surface area contributed by atoms with Crippen LogP contribution in [0.5, 0.6) is 11.5 Å². The molecule has 0 saturated carbocycles. The SMILES string of the molecule is COc1ccc(CNC(=O)c2ccc3c(c2)nc(C)n3C)cc1OC.